The van der Waals surface area contributed by atoms with Crippen LogP contribution in [0.4, 0.5) is 0 Å². The fraction of sp³-hybridized carbons (Fsp3) is 0.478. The molecule has 0 bridgehead atoms. The monoisotopic (exact) mass is 457 g/mol. The molecule has 0 nitrogen and oxygen atoms in total. The molecule has 1 radical (unpaired) electrons. The standard InChI is InChI=1S/C21H27Si.2CH3.Sn/c1-16(2)22(17(3)4,18(5)6)15-14-20-12-9-11-19-10-7-8-13-21(19)20;;;/h7-12,16-18H,1-6H3;2*1H3;. The van der Waals surface area contributed by atoms with Crippen LogP contribution in [0.3, 0.4) is 0 Å². The van der Waals surface area contributed by atoms with Gasteiger partial charge in [0.15, 0.2) is 0 Å². The molecule has 0 amide bonds. The zero-order chi connectivity index (χ0) is 18.8. The van der Waals surface area contributed by atoms with Crippen LogP contribution >= 0.6 is 0 Å². The van der Waals surface area contributed by atoms with Gasteiger partial charge < -0.3 is 0 Å². The molecule has 0 saturated carbocycles. The van der Waals surface area contributed by atoms with Gasteiger partial charge in [-0.05, 0) is 0 Å². The Morgan fingerprint density at radius 2 is 1.32 bits per heavy atom. The number of hydrogen-bond donors (Lipinski definition) is 0. The first kappa shape index (κ1) is 20.6. The molecule has 2 heteroatoms. The number of fused-ring (bicyclic) bond motifs is 1. The van der Waals surface area contributed by atoms with E-state index in [0.717, 1.165) is 0 Å². The van der Waals surface area contributed by atoms with Crippen LogP contribution in [0.2, 0.25) is 26.5 Å². The summed E-state index contributed by atoms with van der Waals surface area (Å²) in [5, 5.41) is 2.80. The molecule has 2 aromatic rings. The quantitative estimate of drug-likeness (QED) is 0.371. The molecule has 2 rings (SSSR count). The maximum absolute atomic E-state index is 3.92. The van der Waals surface area contributed by atoms with Crippen molar-refractivity contribution in [3.05, 3.63) is 42.0 Å². The zero-order valence-electron chi connectivity index (χ0n) is 17.2. The first-order valence-electron chi connectivity index (χ1n) is 9.57. The predicted molar refractivity (Wildman–Crippen MR) is 119 cm³/mol. The molecule has 0 fully saturated rings. The van der Waals surface area contributed by atoms with Gasteiger partial charge in [0, 0.05) is 0 Å². The molecule has 0 saturated heterocycles. The topological polar surface area (TPSA) is 0 Å². The van der Waals surface area contributed by atoms with Gasteiger partial charge in [-0.3, -0.25) is 0 Å². The molecule has 133 valence electrons. The molecule has 0 spiro atoms. The Bertz CT molecular complexity index is 764. The molecule has 0 aliphatic rings. The third-order valence-electron chi connectivity index (χ3n) is 5.72. The van der Waals surface area contributed by atoms with Crippen LogP contribution in [0.25, 0.3) is 10.8 Å². The van der Waals surface area contributed by atoms with E-state index >= 15 is 0 Å². The van der Waals surface area contributed by atoms with E-state index in [1.165, 1.54) is 16.3 Å². The Balaban J connectivity index is 2.71. The van der Waals surface area contributed by atoms with E-state index in [1.807, 2.05) is 0 Å². The van der Waals surface area contributed by atoms with E-state index in [1.54, 1.807) is 3.58 Å². The second kappa shape index (κ2) is 8.31. The molecular weight excluding hydrogens is 423 g/mol. The van der Waals surface area contributed by atoms with Crippen LogP contribution in [0.15, 0.2) is 36.4 Å². The average Bonchev–Trinajstić information content (AvgIpc) is 2.53. The molecule has 0 unspecified atom stereocenters. The summed E-state index contributed by atoms with van der Waals surface area (Å²) in [5.74, 6) is 3.71. The van der Waals surface area contributed by atoms with Crippen molar-refractivity contribution in [2.24, 2.45) is 0 Å². The van der Waals surface area contributed by atoms with E-state index in [4.69, 9.17) is 0 Å². The molecular formula is C23H33SiSn. The Morgan fingerprint density at radius 3 is 1.80 bits per heavy atom. The first-order valence-corrected chi connectivity index (χ1v) is 18.9. The minimum atomic E-state index is -1.69. The van der Waals surface area contributed by atoms with Gasteiger partial charge >= 0.3 is 164 Å². The van der Waals surface area contributed by atoms with Crippen LogP contribution in [0, 0.1) is 11.5 Å². The summed E-state index contributed by atoms with van der Waals surface area (Å²) in [6.07, 6.45) is 0. The van der Waals surface area contributed by atoms with Crippen molar-refractivity contribution in [3.63, 3.8) is 0 Å². The first-order chi connectivity index (χ1) is 11.7. The second-order valence-electron chi connectivity index (χ2n) is 8.36. The fourth-order valence-electron chi connectivity index (χ4n) is 4.47. The van der Waals surface area contributed by atoms with Crippen LogP contribution in [0.1, 0.15) is 47.1 Å². The summed E-state index contributed by atoms with van der Waals surface area (Å²) in [6.45, 7) is 14.3. The van der Waals surface area contributed by atoms with Crippen molar-refractivity contribution in [2.45, 2.75) is 68.0 Å². The average molecular weight is 456 g/mol. The molecule has 0 atom stereocenters. The Kier molecular flexibility index (Phi) is 6.84. The molecule has 0 aromatic heterocycles. The van der Waals surface area contributed by atoms with Crippen molar-refractivity contribution < 1.29 is 0 Å². The van der Waals surface area contributed by atoms with Crippen molar-refractivity contribution in [1.82, 2.24) is 0 Å². The molecule has 0 heterocycles. The van der Waals surface area contributed by atoms with E-state index in [2.05, 4.69) is 99.3 Å². The predicted octanol–water partition coefficient (Wildman–Crippen LogP) is 6.37. The summed E-state index contributed by atoms with van der Waals surface area (Å²) in [6, 6.07) is 13.5. The van der Waals surface area contributed by atoms with E-state index in [0.29, 0.717) is 16.6 Å². The van der Waals surface area contributed by atoms with Crippen molar-refractivity contribution in [2.75, 3.05) is 0 Å². The number of rotatable bonds is 4. The number of benzene rings is 2. The van der Waals surface area contributed by atoms with E-state index in [9.17, 15) is 0 Å². The van der Waals surface area contributed by atoms with Gasteiger partial charge in [0.2, 0.25) is 0 Å². The molecule has 25 heavy (non-hydrogen) atoms. The van der Waals surface area contributed by atoms with Crippen molar-refractivity contribution in [1.29, 1.82) is 0 Å². The summed E-state index contributed by atoms with van der Waals surface area (Å²) >= 11 is -1.47. The Hall–Kier alpha value is -0.724. The molecule has 2 aromatic carbocycles. The van der Waals surface area contributed by atoms with E-state index < -0.39 is 27.8 Å². The Morgan fingerprint density at radius 1 is 0.800 bits per heavy atom. The molecule has 0 aliphatic heterocycles. The summed E-state index contributed by atoms with van der Waals surface area (Å²) < 4.78 is 1.61. The Labute approximate surface area is 163 Å². The van der Waals surface area contributed by atoms with Gasteiger partial charge in [0.05, 0.1) is 0 Å². The SMILES string of the molecule is CC(C)[Si](C#Cc1cccc2ccc[c]([Sn]([CH3])[CH3])c12)(C(C)C)C(C)C. The van der Waals surface area contributed by atoms with Gasteiger partial charge in [0.1, 0.15) is 0 Å². The normalized spacial score (nSPS) is 12.3. The second-order valence-corrected chi connectivity index (χ2v) is 21.2. The van der Waals surface area contributed by atoms with Gasteiger partial charge in [-0.1, -0.05) is 0 Å². The van der Waals surface area contributed by atoms with Gasteiger partial charge in [-0.2, -0.15) is 0 Å². The molecule has 0 N–H and O–H groups in total. The van der Waals surface area contributed by atoms with Crippen molar-refractivity contribution >= 4 is 42.2 Å². The minimum absolute atomic E-state index is 0.679. The summed E-state index contributed by atoms with van der Waals surface area (Å²) in [4.78, 5) is 4.94. The van der Waals surface area contributed by atoms with Gasteiger partial charge in [-0.25, -0.2) is 0 Å². The van der Waals surface area contributed by atoms with Crippen LogP contribution in [0.5, 0.6) is 0 Å². The number of hydrogen-bond acceptors (Lipinski definition) is 0. The maximum atomic E-state index is 3.92. The van der Waals surface area contributed by atoms with Crippen LogP contribution in [-0.2, 0) is 0 Å². The third kappa shape index (κ3) is 4.01. The van der Waals surface area contributed by atoms with Crippen LogP contribution in [-0.4, -0.2) is 27.8 Å². The van der Waals surface area contributed by atoms with Gasteiger partial charge in [0.25, 0.3) is 0 Å². The van der Waals surface area contributed by atoms with Crippen molar-refractivity contribution in [3.8, 4) is 11.5 Å². The molecule has 0 aliphatic carbocycles. The fourth-order valence-corrected chi connectivity index (χ4v) is 13.1. The van der Waals surface area contributed by atoms with Crippen LogP contribution < -0.4 is 3.58 Å². The van der Waals surface area contributed by atoms with E-state index in [-0.39, 0.29) is 0 Å². The third-order valence-corrected chi connectivity index (χ3v) is 16.3. The van der Waals surface area contributed by atoms with Gasteiger partial charge in [-0.15, -0.1) is 0 Å². The summed E-state index contributed by atoms with van der Waals surface area (Å²) in [7, 11) is -1.69. The zero-order valence-corrected chi connectivity index (χ0v) is 21.1. The summed E-state index contributed by atoms with van der Waals surface area (Å²) in [5.41, 5.74) is 7.21.